The van der Waals surface area contributed by atoms with E-state index in [1.165, 1.54) is 24.4 Å². The number of nitrogens with one attached hydrogen (secondary N) is 1. The molecule has 2 atom stereocenters. The Kier molecular flexibility index (Phi) is 8.26. The maximum Gasteiger partial charge on any atom is 0.300 e. The summed E-state index contributed by atoms with van der Waals surface area (Å²) < 4.78 is 42.4. The van der Waals surface area contributed by atoms with Gasteiger partial charge in [-0.2, -0.15) is 8.78 Å². The summed E-state index contributed by atoms with van der Waals surface area (Å²) >= 11 is 0. The summed E-state index contributed by atoms with van der Waals surface area (Å²) in [5.41, 5.74) is 0.524. The van der Waals surface area contributed by atoms with Crippen molar-refractivity contribution >= 4 is 11.6 Å². The molecular weight excluding hydrogens is 479 g/mol. The Balaban J connectivity index is 0.000000396. The third kappa shape index (κ3) is 6.33. The number of carbonyl (C=O) groups excluding carboxylic acids is 1. The molecule has 0 aliphatic carbocycles. The van der Waals surface area contributed by atoms with Crippen molar-refractivity contribution in [1.82, 2.24) is 20.1 Å². The van der Waals surface area contributed by atoms with E-state index in [4.69, 9.17) is 0 Å². The van der Waals surface area contributed by atoms with E-state index >= 15 is 8.78 Å². The lowest BCUT2D eigenvalue weighted by Gasteiger charge is -2.32. The normalized spacial score (nSPS) is 23.9. The van der Waals surface area contributed by atoms with Gasteiger partial charge in [0.1, 0.15) is 6.17 Å². The summed E-state index contributed by atoms with van der Waals surface area (Å²) in [6.45, 7) is 10.8. The first kappa shape index (κ1) is 27.5. The minimum Gasteiger partial charge on any atom is -0.312 e. The number of alkyl halides is 3. The third-order valence-electron chi connectivity index (χ3n) is 7.30. The lowest BCUT2D eigenvalue weighted by molar-refractivity contribution is -0.120. The largest absolute Gasteiger partial charge is 0.312 e. The first-order chi connectivity index (χ1) is 17.5. The second kappa shape index (κ2) is 11.1. The van der Waals surface area contributed by atoms with Crippen LogP contribution in [0.1, 0.15) is 44.0 Å². The zero-order valence-electron chi connectivity index (χ0n) is 22.2. The molecule has 202 valence electrons. The fourth-order valence-corrected chi connectivity index (χ4v) is 5.26. The SMILES string of the molecule is CN1CCC(F)C1.C[C@@H]1CN(CC(=O)N2CC(C)(C)c3ncc(C(F)(F)c4ccccc4)cc32)CCN1. The molecule has 1 aromatic carbocycles. The number of rotatable bonds is 4. The second-order valence-corrected chi connectivity index (χ2v) is 11.1. The highest BCUT2D eigenvalue weighted by Gasteiger charge is 2.42. The molecule has 0 saturated carbocycles. The number of amides is 1. The van der Waals surface area contributed by atoms with Crippen molar-refractivity contribution < 1.29 is 18.0 Å². The number of hydrogen-bond acceptors (Lipinski definition) is 5. The summed E-state index contributed by atoms with van der Waals surface area (Å²) in [4.78, 5) is 23.3. The molecule has 9 heteroatoms. The van der Waals surface area contributed by atoms with Gasteiger partial charge in [0.05, 0.1) is 17.9 Å². The van der Waals surface area contributed by atoms with Crippen molar-refractivity contribution in [3.8, 4) is 0 Å². The molecule has 1 aromatic heterocycles. The summed E-state index contributed by atoms with van der Waals surface area (Å²) in [6, 6.07) is 9.49. The number of nitrogens with zero attached hydrogens (tertiary/aromatic N) is 4. The van der Waals surface area contributed by atoms with Crippen LogP contribution in [0.2, 0.25) is 0 Å². The predicted molar refractivity (Wildman–Crippen MR) is 140 cm³/mol. The number of benzene rings is 1. The minimum absolute atomic E-state index is 0.0714. The van der Waals surface area contributed by atoms with Crippen molar-refractivity contribution in [1.29, 1.82) is 0 Å². The Labute approximate surface area is 217 Å². The van der Waals surface area contributed by atoms with Gasteiger partial charge in [-0.15, -0.1) is 0 Å². The Morgan fingerprint density at radius 2 is 1.89 bits per heavy atom. The van der Waals surface area contributed by atoms with Crippen LogP contribution in [-0.2, 0) is 16.1 Å². The Morgan fingerprint density at radius 1 is 1.16 bits per heavy atom. The first-order valence-corrected chi connectivity index (χ1v) is 13.0. The van der Waals surface area contributed by atoms with Crippen LogP contribution in [0.15, 0.2) is 42.6 Å². The second-order valence-electron chi connectivity index (χ2n) is 11.1. The summed E-state index contributed by atoms with van der Waals surface area (Å²) in [5, 5.41) is 3.36. The predicted octanol–water partition coefficient (Wildman–Crippen LogP) is 3.80. The zero-order valence-corrected chi connectivity index (χ0v) is 22.2. The summed E-state index contributed by atoms with van der Waals surface area (Å²) in [5.74, 6) is -3.25. The molecule has 4 heterocycles. The van der Waals surface area contributed by atoms with Gasteiger partial charge in [-0.25, -0.2) is 4.39 Å². The highest BCUT2D eigenvalue weighted by atomic mass is 19.3. The van der Waals surface area contributed by atoms with E-state index < -0.39 is 12.1 Å². The highest BCUT2D eigenvalue weighted by molar-refractivity contribution is 5.97. The quantitative estimate of drug-likeness (QED) is 0.669. The molecule has 2 aromatic rings. The fourth-order valence-electron chi connectivity index (χ4n) is 5.26. The maximum absolute atomic E-state index is 15.1. The number of likely N-dealkylation sites (tertiary alicyclic amines) is 1. The molecule has 5 rings (SSSR count). The molecular formula is C28H38F3N5O. The topological polar surface area (TPSA) is 51.7 Å². The van der Waals surface area contributed by atoms with Crippen LogP contribution in [-0.4, -0.2) is 85.8 Å². The molecule has 2 saturated heterocycles. The molecule has 1 unspecified atom stereocenters. The Hall–Kier alpha value is -2.49. The van der Waals surface area contributed by atoms with Gasteiger partial charge in [-0.05, 0) is 26.5 Å². The number of pyridine rings is 1. The summed E-state index contributed by atoms with van der Waals surface area (Å²) in [6.07, 6.45) is 1.43. The van der Waals surface area contributed by atoms with Crippen LogP contribution in [0.4, 0.5) is 18.9 Å². The van der Waals surface area contributed by atoms with Gasteiger partial charge in [0.2, 0.25) is 5.91 Å². The van der Waals surface area contributed by atoms with Crippen molar-refractivity contribution in [3.63, 3.8) is 0 Å². The van der Waals surface area contributed by atoms with Crippen molar-refractivity contribution in [3.05, 3.63) is 59.4 Å². The third-order valence-corrected chi connectivity index (χ3v) is 7.30. The highest BCUT2D eigenvalue weighted by Crippen LogP contribution is 2.43. The van der Waals surface area contributed by atoms with Gasteiger partial charge in [-0.3, -0.25) is 14.7 Å². The molecule has 3 aliphatic heterocycles. The molecule has 2 fully saturated rings. The van der Waals surface area contributed by atoms with Crippen molar-refractivity contribution in [2.75, 3.05) is 57.8 Å². The standard InChI is InChI=1S/C23H28F2N4O.C5H10FN/c1-16-13-28(10-9-26-16)14-20(30)29-15-22(2,3)21-19(29)11-18(12-27-21)23(24,25)17-7-5-4-6-8-17;1-7-3-2-5(6)4-7/h4-8,11-12,16,26H,9-10,13-15H2,1-3H3;5H,2-4H2,1H3/t16-;/m1./s1. The molecule has 37 heavy (non-hydrogen) atoms. The first-order valence-electron chi connectivity index (χ1n) is 13.0. The fraction of sp³-hybridized carbons (Fsp3) is 0.571. The van der Waals surface area contributed by atoms with Crippen LogP contribution >= 0.6 is 0 Å². The van der Waals surface area contributed by atoms with Gasteiger partial charge < -0.3 is 15.1 Å². The number of hydrogen-bond donors (Lipinski definition) is 1. The van der Waals surface area contributed by atoms with Crippen LogP contribution in [0, 0.1) is 0 Å². The zero-order chi connectivity index (χ0) is 26.8. The van der Waals surface area contributed by atoms with Gasteiger partial charge in [0.15, 0.2) is 0 Å². The number of aromatic nitrogens is 1. The van der Waals surface area contributed by atoms with Gasteiger partial charge >= 0.3 is 0 Å². The van der Waals surface area contributed by atoms with Crippen LogP contribution < -0.4 is 10.2 Å². The molecule has 0 bridgehead atoms. The molecule has 1 amide bonds. The van der Waals surface area contributed by atoms with E-state index in [2.05, 4.69) is 22.1 Å². The lowest BCUT2D eigenvalue weighted by Crippen LogP contribution is -2.52. The Morgan fingerprint density at radius 3 is 2.49 bits per heavy atom. The van der Waals surface area contributed by atoms with E-state index in [9.17, 15) is 9.18 Å². The molecule has 0 radical (unpaired) electrons. The van der Waals surface area contributed by atoms with E-state index in [1.807, 2.05) is 25.8 Å². The maximum atomic E-state index is 15.1. The van der Waals surface area contributed by atoms with E-state index in [-0.39, 0.29) is 29.0 Å². The lowest BCUT2D eigenvalue weighted by atomic mass is 9.90. The van der Waals surface area contributed by atoms with Crippen molar-refractivity contribution in [2.45, 2.75) is 50.7 Å². The summed E-state index contributed by atoms with van der Waals surface area (Å²) in [7, 11) is 1.94. The number of anilines is 1. The van der Waals surface area contributed by atoms with Gasteiger partial charge in [0.25, 0.3) is 5.92 Å². The average Bonchev–Trinajstić information content (AvgIpc) is 3.37. The van der Waals surface area contributed by atoms with Gasteiger partial charge in [-0.1, -0.05) is 44.2 Å². The van der Waals surface area contributed by atoms with E-state index in [0.717, 1.165) is 32.6 Å². The molecule has 6 nitrogen and oxygen atoms in total. The molecule has 0 spiro atoms. The van der Waals surface area contributed by atoms with Crippen molar-refractivity contribution in [2.24, 2.45) is 0 Å². The van der Waals surface area contributed by atoms with E-state index in [1.54, 1.807) is 23.1 Å². The van der Waals surface area contributed by atoms with Crippen LogP contribution in [0.25, 0.3) is 0 Å². The minimum atomic E-state index is -3.18. The number of carbonyl (C=O) groups is 1. The molecule has 1 N–H and O–H groups in total. The number of fused-ring (bicyclic) bond motifs is 1. The number of halogens is 3. The molecule has 3 aliphatic rings. The van der Waals surface area contributed by atoms with Crippen LogP contribution in [0.5, 0.6) is 0 Å². The Bertz CT molecular complexity index is 1070. The van der Waals surface area contributed by atoms with Gasteiger partial charge in [0, 0.05) is 68.0 Å². The van der Waals surface area contributed by atoms with E-state index in [0.29, 0.717) is 30.5 Å². The number of piperazine rings is 1. The monoisotopic (exact) mass is 517 g/mol. The van der Waals surface area contributed by atoms with Crippen LogP contribution in [0.3, 0.4) is 0 Å². The average molecular weight is 518 g/mol. The smallest absolute Gasteiger partial charge is 0.300 e.